The molecule has 0 aliphatic carbocycles. The third-order valence-corrected chi connectivity index (χ3v) is 3.02. The van der Waals surface area contributed by atoms with Crippen molar-refractivity contribution in [1.29, 1.82) is 0 Å². The van der Waals surface area contributed by atoms with E-state index in [-0.39, 0.29) is 16.9 Å². The summed E-state index contributed by atoms with van der Waals surface area (Å²) in [7, 11) is 0. The topological polar surface area (TPSA) is 95.5 Å². The zero-order valence-electron chi connectivity index (χ0n) is 11.4. The number of nitrogen functional groups attached to an aromatic ring is 1. The Hall–Kier alpha value is -2.89. The second kappa shape index (κ2) is 6.04. The first-order valence-electron chi connectivity index (χ1n) is 6.29. The highest BCUT2D eigenvalue weighted by Crippen LogP contribution is 2.24. The molecule has 108 valence electrons. The van der Waals surface area contributed by atoms with Gasteiger partial charge in [0.05, 0.1) is 10.5 Å². The van der Waals surface area contributed by atoms with Crippen molar-refractivity contribution in [3.05, 3.63) is 69.8 Å². The van der Waals surface area contributed by atoms with Gasteiger partial charge < -0.3 is 10.5 Å². The number of nitro groups is 1. The molecule has 2 N–H and O–H groups in total. The predicted octanol–water partition coefficient (Wildman–Crippen LogP) is 3.10. The van der Waals surface area contributed by atoms with Crippen molar-refractivity contribution in [2.75, 3.05) is 5.73 Å². The third kappa shape index (κ3) is 3.36. The van der Waals surface area contributed by atoms with E-state index in [4.69, 9.17) is 10.5 Å². The van der Waals surface area contributed by atoms with E-state index in [1.54, 1.807) is 6.92 Å². The molecule has 0 aromatic heterocycles. The molecule has 0 bridgehead atoms. The van der Waals surface area contributed by atoms with E-state index < -0.39 is 17.0 Å². The van der Waals surface area contributed by atoms with Crippen LogP contribution >= 0.6 is 0 Å². The normalized spacial score (nSPS) is 11.7. The van der Waals surface area contributed by atoms with Gasteiger partial charge in [0.25, 0.3) is 5.69 Å². The van der Waals surface area contributed by atoms with E-state index in [9.17, 15) is 14.9 Å². The Balaban J connectivity index is 2.17. The number of anilines is 1. The number of nitro benzene ring substituents is 1. The van der Waals surface area contributed by atoms with Crippen LogP contribution in [-0.2, 0) is 4.74 Å². The largest absolute Gasteiger partial charge is 0.454 e. The number of carbonyl (C=O) groups excluding carboxylic acids is 1. The highest BCUT2D eigenvalue weighted by Gasteiger charge is 2.18. The average molecular weight is 286 g/mol. The molecule has 0 aliphatic heterocycles. The van der Waals surface area contributed by atoms with Gasteiger partial charge in [0.2, 0.25) is 0 Å². The molecule has 0 radical (unpaired) electrons. The van der Waals surface area contributed by atoms with E-state index in [2.05, 4.69) is 0 Å². The van der Waals surface area contributed by atoms with Crippen molar-refractivity contribution in [2.24, 2.45) is 0 Å². The highest BCUT2D eigenvalue weighted by atomic mass is 16.6. The fourth-order valence-corrected chi connectivity index (χ4v) is 1.85. The van der Waals surface area contributed by atoms with Crippen LogP contribution in [0.1, 0.15) is 28.9 Å². The van der Waals surface area contributed by atoms with E-state index in [0.29, 0.717) is 0 Å². The standard InChI is InChI=1S/C15H14N2O4/c1-10(11-5-3-2-4-6-11)21-15(18)12-7-8-13(16)14(9-12)17(19)20/h2-10H,16H2,1H3. The monoisotopic (exact) mass is 286 g/mol. The Morgan fingerprint density at radius 3 is 2.52 bits per heavy atom. The van der Waals surface area contributed by atoms with Gasteiger partial charge in [-0.25, -0.2) is 4.79 Å². The van der Waals surface area contributed by atoms with Gasteiger partial charge in [0.15, 0.2) is 0 Å². The molecule has 0 spiro atoms. The number of benzene rings is 2. The number of nitrogens with zero attached hydrogens (tertiary/aromatic N) is 1. The molecule has 0 aliphatic rings. The third-order valence-electron chi connectivity index (χ3n) is 3.02. The first kappa shape index (κ1) is 14.5. The predicted molar refractivity (Wildman–Crippen MR) is 77.8 cm³/mol. The van der Waals surface area contributed by atoms with Crippen molar-refractivity contribution in [3.63, 3.8) is 0 Å². The maximum Gasteiger partial charge on any atom is 0.338 e. The minimum Gasteiger partial charge on any atom is -0.454 e. The van der Waals surface area contributed by atoms with Crippen molar-refractivity contribution in [3.8, 4) is 0 Å². The molecule has 0 saturated heterocycles. The first-order chi connectivity index (χ1) is 9.99. The van der Waals surface area contributed by atoms with Gasteiger partial charge in [-0.05, 0) is 24.6 Å². The molecule has 2 rings (SSSR count). The summed E-state index contributed by atoms with van der Waals surface area (Å²) in [6, 6.07) is 13.1. The lowest BCUT2D eigenvalue weighted by Crippen LogP contribution is -2.10. The van der Waals surface area contributed by atoms with Gasteiger partial charge >= 0.3 is 5.97 Å². The minimum atomic E-state index is -0.632. The zero-order chi connectivity index (χ0) is 15.4. The maximum absolute atomic E-state index is 12.0. The number of rotatable bonds is 4. The van der Waals surface area contributed by atoms with Crippen LogP contribution < -0.4 is 5.73 Å². The van der Waals surface area contributed by atoms with E-state index in [1.165, 1.54) is 12.1 Å². The minimum absolute atomic E-state index is 0.00709. The van der Waals surface area contributed by atoms with Crippen molar-refractivity contribution in [1.82, 2.24) is 0 Å². The molecule has 6 nitrogen and oxygen atoms in total. The molecule has 1 atom stereocenters. The van der Waals surface area contributed by atoms with E-state index in [0.717, 1.165) is 11.6 Å². The van der Waals surface area contributed by atoms with Gasteiger partial charge in [0.1, 0.15) is 11.8 Å². The van der Waals surface area contributed by atoms with Crippen molar-refractivity contribution < 1.29 is 14.5 Å². The number of esters is 1. The molecule has 2 aromatic carbocycles. The van der Waals surface area contributed by atoms with Crippen LogP contribution in [0.5, 0.6) is 0 Å². The molecule has 0 heterocycles. The fraction of sp³-hybridized carbons (Fsp3) is 0.133. The number of nitrogens with two attached hydrogens (primary N) is 1. The Morgan fingerprint density at radius 1 is 1.24 bits per heavy atom. The number of hydrogen-bond acceptors (Lipinski definition) is 5. The molecule has 0 saturated carbocycles. The van der Waals surface area contributed by atoms with Gasteiger partial charge in [0, 0.05) is 6.07 Å². The molecule has 21 heavy (non-hydrogen) atoms. The van der Waals surface area contributed by atoms with Gasteiger partial charge in [-0.2, -0.15) is 0 Å². The fourth-order valence-electron chi connectivity index (χ4n) is 1.85. The molecular weight excluding hydrogens is 272 g/mol. The van der Waals surface area contributed by atoms with E-state index in [1.807, 2.05) is 30.3 Å². The second-order valence-corrected chi connectivity index (χ2v) is 4.49. The van der Waals surface area contributed by atoms with Crippen molar-refractivity contribution in [2.45, 2.75) is 13.0 Å². The Kier molecular flexibility index (Phi) is 4.18. The Labute approximate surface area is 121 Å². The molecule has 2 aromatic rings. The number of carbonyl (C=O) groups is 1. The second-order valence-electron chi connectivity index (χ2n) is 4.49. The maximum atomic E-state index is 12.0. The summed E-state index contributed by atoms with van der Waals surface area (Å²) >= 11 is 0. The quantitative estimate of drug-likeness (QED) is 0.403. The van der Waals surface area contributed by atoms with Crippen LogP contribution in [0.25, 0.3) is 0 Å². The summed E-state index contributed by atoms with van der Waals surface area (Å²) in [6.45, 7) is 1.74. The SMILES string of the molecule is CC(OC(=O)c1ccc(N)c([N+](=O)[O-])c1)c1ccccc1. The molecule has 0 amide bonds. The van der Waals surface area contributed by atoms with Gasteiger partial charge in [-0.3, -0.25) is 10.1 Å². The smallest absolute Gasteiger partial charge is 0.338 e. The van der Waals surface area contributed by atoms with Crippen LogP contribution in [0.2, 0.25) is 0 Å². The lowest BCUT2D eigenvalue weighted by molar-refractivity contribution is -0.383. The molecule has 1 unspecified atom stereocenters. The average Bonchev–Trinajstić information content (AvgIpc) is 2.48. The van der Waals surface area contributed by atoms with Gasteiger partial charge in [-0.15, -0.1) is 0 Å². The van der Waals surface area contributed by atoms with Crippen molar-refractivity contribution >= 4 is 17.3 Å². The van der Waals surface area contributed by atoms with Gasteiger partial charge in [-0.1, -0.05) is 30.3 Å². The summed E-state index contributed by atoms with van der Waals surface area (Å²) < 4.78 is 5.29. The Morgan fingerprint density at radius 2 is 1.90 bits per heavy atom. The highest BCUT2D eigenvalue weighted by molar-refractivity contribution is 5.91. The van der Waals surface area contributed by atoms with Crippen LogP contribution in [0.4, 0.5) is 11.4 Å². The van der Waals surface area contributed by atoms with Crippen LogP contribution in [-0.4, -0.2) is 10.9 Å². The summed E-state index contributed by atoms with van der Waals surface area (Å²) in [5.74, 6) is -0.630. The lowest BCUT2D eigenvalue weighted by atomic mass is 10.1. The van der Waals surface area contributed by atoms with E-state index >= 15 is 0 Å². The molecule has 6 heteroatoms. The molecule has 0 fully saturated rings. The van der Waals surface area contributed by atoms with Crippen LogP contribution in [0.15, 0.2) is 48.5 Å². The summed E-state index contributed by atoms with van der Waals surface area (Å²) in [4.78, 5) is 22.2. The Bertz CT molecular complexity index is 671. The lowest BCUT2D eigenvalue weighted by Gasteiger charge is -2.13. The van der Waals surface area contributed by atoms with Crippen LogP contribution in [0.3, 0.4) is 0 Å². The first-order valence-corrected chi connectivity index (χ1v) is 6.29. The summed E-state index contributed by atoms with van der Waals surface area (Å²) in [5, 5.41) is 10.8. The zero-order valence-corrected chi connectivity index (χ0v) is 11.4. The molecular formula is C15H14N2O4. The summed E-state index contributed by atoms with van der Waals surface area (Å²) in [5.41, 5.74) is 6.13. The number of ether oxygens (including phenoxy) is 1. The van der Waals surface area contributed by atoms with Crippen LogP contribution in [0, 0.1) is 10.1 Å². The summed E-state index contributed by atoms with van der Waals surface area (Å²) in [6.07, 6.45) is -0.449. The number of hydrogen-bond donors (Lipinski definition) is 1.